The molecule has 34 heavy (non-hydrogen) atoms. The third-order valence-corrected chi connectivity index (χ3v) is 5.69. The molecule has 170 valence electrons. The first-order valence-electron chi connectivity index (χ1n) is 11.3. The molecule has 0 aliphatic heterocycles. The van der Waals surface area contributed by atoms with Crippen LogP contribution < -0.4 is 5.32 Å². The average Bonchev–Trinajstić information content (AvgIpc) is 3.51. The first kappa shape index (κ1) is 21.6. The minimum atomic E-state index is -0.284. The molecule has 1 unspecified atom stereocenters. The predicted molar refractivity (Wildman–Crippen MR) is 130 cm³/mol. The van der Waals surface area contributed by atoms with Gasteiger partial charge in [-0.1, -0.05) is 60.2 Å². The van der Waals surface area contributed by atoms with Crippen LogP contribution in [0.3, 0.4) is 0 Å². The second-order valence-electron chi connectivity index (χ2n) is 8.32. The zero-order chi connectivity index (χ0) is 23.3. The molecule has 5 aromatic rings. The maximum atomic E-state index is 12.9. The van der Waals surface area contributed by atoms with E-state index in [0.29, 0.717) is 24.6 Å². The van der Waals surface area contributed by atoms with E-state index in [9.17, 15) is 4.79 Å². The van der Waals surface area contributed by atoms with Crippen LogP contribution in [0.15, 0.2) is 83.3 Å². The summed E-state index contributed by atoms with van der Waals surface area (Å²) in [6.45, 7) is 2.03. The second-order valence-corrected chi connectivity index (χ2v) is 8.32. The molecule has 0 radical (unpaired) electrons. The number of nitrogens with one attached hydrogen (secondary N) is 2. The van der Waals surface area contributed by atoms with Gasteiger partial charge in [0.05, 0.1) is 17.1 Å². The Morgan fingerprint density at radius 3 is 2.53 bits per heavy atom. The minimum absolute atomic E-state index is 0.100. The van der Waals surface area contributed by atoms with Crippen LogP contribution in [0.5, 0.6) is 0 Å². The first-order chi connectivity index (χ1) is 16.6. The molecule has 3 aromatic carbocycles. The van der Waals surface area contributed by atoms with E-state index < -0.39 is 0 Å². The summed E-state index contributed by atoms with van der Waals surface area (Å²) in [7, 11) is 0. The van der Waals surface area contributed by atoms with Crippen molar-refractivity contribution in [3.63, 3.8) is 0 Å². The standard InChI is InChI=1S/C27H25N5O2/c1-18-11-13-20(14-12-18)27-32-31-25(34-27)16-15-24(33)28-23(17-19-7-3-2-4-8-19)26-29-21-9-5-6-10-22(21)30-26/h2-14,23H,15-17H2,1H3,(H,28,33)(H,29,30). The molecule has 0 saturated heterocycles. The molecule has 0 aliphatic carbocycles. The number of fused-ring (bicyclic) bond motifs is 1. The lowest BCUT2D eigenvalue weighted by Gasteiger charge is -2.17. The molecule has 5 rings (SSSR count). The third-order valence-electron chi connectivity index (χ3n) is 5.69. The lowest BCUT2D eigenvalue weighted by molar-refractivity contribution is -0.121. The van der Waals surface area contributed by atoms with Gasteiger partial charge in [0, 0.05) is 18.4 Å². The fourth-order valence-corrected chi connectivity index (χ4v) is 3.86. The molecule has 0 saturated carbocycles. The maximum absolute atomic E-state index is 12.9. The van der Waals surface area contributed by atoms with Gasteiger partial charge in [-0.15, -0.1) is 10.2 Å². The van der Waals surface area contributed by atoms with Gasteiger partial charge in [0.2, 0.25) is 17.7 Å². The number of H-pyrrole nitrogens is 1. The number of benzene rings is 3. The van der Waals surface area contributed by atoms with Gasteiger partial charge in [-0.3, -0.25) is 4.79 Å². The van der Waals surface area contributed by atoms with Crippen LogP contribution in [0.25, 0.3) is 22.5 Å². The number of carbonyl (C=O) groups is 1. The number of aromatic amines is 1. The highest BCUT2D eigenvalue weighted by molar-refractivity contribution is 5.77. The van der Waals surface area contributed by atoms with Crippen LogP contribution in [0.4, 0.5) is 0 Å². The number of nitrogens with zero attached hydrogens (tertiary/aromatic N) is 3. The number of carbonyl (C=O) groups excluding carboxylic acids is 1. The number of aryl methyl sites for hydroxylation is 2. The molecule has 7 nitrogen and oxygen atoms in total. The molecule has 2 N–H and O–H groups in total. The van der Waals surface area contributed by atoms with Gasteiger partial charge < -0.3 is 14.7 Å². The van der Waals surface area contributed by atoms with Crippen LogP contribution in [0.1, 0.15) is 35.3 Å². The van der Waals surface area contributed by atoms with E-state index in [1.54, 1.807) is 0 Å². The SMILES string of the molecule is Cc1ccc(-c2nnc(CCC(=O)NC(Cc3ccccc3)c3nc4ccccc4[nH]3)o2)cc1. The molecule has 1 atom stereocenters. The van der Waals surface area contributed by atoms with Crippen molar-refractivity contribution < 1.29 is 9.21 Å². The largest absolute Gasteiger partial charge is 0.421 e. The maximum Gasteiger partial charge on any atom is 0.247 e. The number of hydrogen-bond acceptors (Lipinski definition) is 5. The van der Waals surface area contributed by atoms with Crippen molar-refractivity contribution >= 4 is 16.9 Å². The summed E-state index contributed by atoms with van der Waals surface area (Å²) in [4.78, 5) is 20.9. The lowest BCUT2D eigenvalue weighted by Crippen LogP contribution is -2.31. The van der Waals surface area contributed by atoms with E-state index in [4.69, 9.17) is 9.40 Å². The van der Waals surface area contributed by atoms with E-state index in [1.165, 1.54) is 0 Å². The Labute approximate surface area is 197 Å². The third kappa shape index (κ3) is 5.04. The van der Waals surface area contributed by atoms with Gasteiger partial charge in [0.1, 0.15) is 5.82 Å². The van der Waals surface area contributed by atoms with Crippen molar-refractivity contribution in [2.45, 2.75) is 32.2 Å². The summed E-state index contributed by atoms with van der Waals surface area (Å²) in [6, 6.07) is 25.5. The summed E-state index contributed by atoms with van der Waals surface area (Å²) in [5, 5.41) is 11.4. The zero-order valence-electron chi connectivity index (χ0n) is 18.9. The van der Waals surface area contributed by atoms with Crippen molar-refractivity contribution in [1.82, 2.24) is 25.5 Å². The fourth-order valence-electron chi connectivity index (χ4n) is 3.86. The molecule has 2 aromatic heterocycles. The van der Waals surface area contributed by atoms with E-state index in [0.717, 1.165) is 33.5 Å². The quantitative estimate of drug-likeness (QED) is 0.348. The highest BCUT2D eigenvalue weighted by Gasteiger charge is 2.20. The van der Waals surface area contributed by atoms with E-state index in [-0.39, 0.29) is 18.4 Å². The molecule has 1 amide bonds. The van der Waals surface area contributed by atoms with Gasteiger partial charge in [-0.05, 0) is 43.2 Å². The van der Waals surface area contributed by atoms with E-state index in [1.807, 2.05) is 85.8 Å². The second kappa shape index (κ2) is 9.70. The van der Waals surface area contributed by atoms with Gasteiger partial charge >= 0.3 is 0 Å². The molecule has 7 heteroatoms. The highest BCUT2D eigenvalue weighted by Crippen LogP contribution is 2.21. The predicted octanol–water partition coefficient (Wildman–Crippen LogP) is 4.95. The Morgan fingerprint density at radius 1 is 0.971 bits per heavy atom. The van der Waals surface area contributed by atoms with Crippen molar-refractivity contribution in [2.75, 3.05) is 0 Å². The Bertz CT molecular complexity index is 1360. The Kier molecular flexibility index (Phi) is 6.16. The number of hydrogen-bond donors (Lipinski definition) is 2. The molecular formula is C27H25N5O2. The Morgan fingerprint density at radius 2 is 1.74 bits per heavy atom. The van der Waals surface area contributed by atoms with E-state index >= 15 is 0 Å². The fraction of sp³-hybridized carbons (Fsp3) is 0.185. The van der Waals surface area contributed by atoms with Crippen molar-refractivity contribution in [3.8, 4) is 11.5 Å². The van der Waals surface area contributed by atoms with Gasteiger partial charge in [-0.2, -0.15) is 0 Å². The Hall–Kier alpha value is -4.26. The molecule has 0 spiro atoms. The molecule has 0 bridgehead atoms. The minimum Gasteiger partial charge on any atom is -0.421 e. The van der Waals surface area contributed by atoms with Crippen LogP contribution in [0, 0.1) is 6.92 Å². The zero-order valence-corrected chi connectivity index (χ0v) is 18.9. The van der Waals surface area contributed by atoms with Crippen molar-refractivity contribution in [1.29, 1.82) is 0 Å². The summed E-state index contributed by atoms with van der Waals surface area (Å²) in [6.07, 6.45) is 1.23. The van der Waals surface area contributed by atoms with Crippen LogP contribution >= 0.6 is 0 Å². The molecular weight excluding hydrogens is 426 g/mol. The summed E-state index contributed by atoms with van der Waals surface area (Å²) < 4.78 is 5.76. The monoisotopic (exact) mass is 451 g/mol. The van der Waals surface area contributed by atoms with Crippen molar-refractivity contribution in [3.05, 3.63) is 102 Å². The molecule has 0 fully saturated rings. The first-order valence-corrected chi connectivity index (χ1v) is 11.3. The number of aromatic nitrogens is 4. The normalized spacial score (nSPS) is 12.0. The summed E-state index contributed by atoms with van der Waals surface area (Å²) >= 11 is 0. The summed E-state index contributed by atoms with van der Waals surface area (Å²) in [5.41, 5.74) is 4.96. The number of rotatable bonds is 8. The Balaban J connectivity index is 1.27. The number of imidazole rings is 1. The number of amides is 1. The van der Waals surface area contributed by atoms with Crippen LogP contribution in [-0.2, 0) is 17.6 Å². The molecule has 2 heterocycles. The van der Waals surface area contributed by atoms with Gasteiger partial charge in [0.15, 0.2) is 0 Å². The van der Waals surface area contributed by atoms with Crippen LogP contribution in [-0.4, -0.2) is 26.1 Å². The van der Waals surface area contributed by atoms with E-state index in [2.05, 4.69) is 20.5 Å². The topological polar surface area (TPSA) is 96.7 Å². The van der Waals surface area contributed by atoms with Gasteiger partial charge in [0.25, 0.3) is 0 Å². The van der Waals surface area contributed by atoms with Crippen LogP contribution in [0.2, 0.25) is 0 Å². The molecule has 0 aliphatic rings. The van der Waals surface area contributed by atoms with Gasteiger partial charge in [-0.25, -0.2) is 4.98 Å². The average molecular weight is 452 g/mol. The summed E-state index contributed by atoms with van der Waals surface area (Å²) in [5.74, 6) is 1.53. The van der Waals surface area contributed by atoms with Crippen molar-refractivity contribution in [2.24, 2.45) is 0 Å². The smallest absolute Gasteiger partial charge is 0.247 e. The lowest BCUT2D eigenvalue weighted by atomic mass is 10.1. The number of para-hydroxylation sites is 2. The highest BCUT2D eigenvalue weighted by atomic mass is 16.4.